The molecule has 3 heterocycles. The Morgan fingerprint density at radius 3 is 2.77 bits per heavy atom. The maximum absolute atomic E-state index is 11.9. The molecule has 0 spiro atoms. The van der Waals surface area contributed by atoms with Crippen molar-refractivity contribution in [2.45, 2.75) is 58.0 Å². The van der Waals surface area contributed by atoms with E-state index in [1.54, 1.807) is 0 Å². The van der Waals surface area contributed by atoms with Gasteiger partial charge in [-0.05, 0) is 12.8 Å². The van der Waals surface area contributed by atoms with Gasteiger partial charge in [-0.15, -0.1) is 0 Å². The van der Waals surface area contributed by atoms with E-state index in [1.807, 2.05) is 20.8 Å². The summed E-state index contributed by atoms with van der Waals surface area (Å²) in [5, 5.41) is 2.58. The molecule has 5 unspecified atom stereocenters. The quantitative estimate of drug-likeness (QED) is 0.728. The molecule has 0 radical (unpaired) electrons. The summed E-state index contributed by atoms with van der Waals surface area (Å²) in [6, 6.07) is 0. The maximum Gasteiger partial charge on any atom is 0.325 e. The van der Waals surface area contributed by atoms with Crippen LogP contribution in [0.2, 0.25) is 0 Å². The highest BCUT2D eigenvalue weighted by molar-refractivity contribution is 5.85. The largest absolute Gasteiger partial charge is 0.455 e. The number of amides is 1. The zero-order chi connectivity index (χ0) is 16.1. The summed E-state index contributed by atoms with van der Waals surface area (Å²) >= 11 is 0. The molecule has 0 aromatic carbocycles. The van der Waals surface area contributed by atoms with Crippen molar-refractivity contribution in [3.05, 3.63) is 0 Å². The van der Waals surface area contributed by atoms with E-state index in [4.69, 9.17) is 14.2 Å². The molecule has 1 amide bonds. The normalized spacial score (nSPS) is 35.4. The SMILES string of the molecule is CCC(C)(C)C(=O)NCC(=O)OC1C2CC3C(=O)OC1C3O2. The van der Waals surface area contributed by atoms with Crippen molar-refractivity contribution >= 4 is 17.8 Å². The first-order chi connectivity index (χ1) is 10.3. The predicted octanol–water partition coefficient (Wildman–Crippen LogP) is 0.163. The van der Waals surface area contributed by atoms with Gasteiger partial charge in [-0.3, -0.25) is 14.4 Å². The van der Waals surface area contributed by atoms with Crippen LogP contribution in [0.25, 0.3) is 0 Å². The molecule has 0 aromatic heterocycles. The van der Waals surface area contributed by atoms with Gasteiger partial charge in [-0.2, -0.15) is 0 Å². The molecule has 3 rings (SSSR count). The third-order valence-corrected chi connectivity index (χ3v) is 4.94. The van der Waals surface area contributed by atoms with Gasteiger partial charge in [-0.1, -0.05) is 20.8 Å². The zero-order valence-electron chi connectivity index (χ0n) is 13.0. The summed E-state index contributed by atoms with van der Waals surface area (Å²) in [5.41, 5.74) is -0.524. The highest BCUT2D eigenvalue weighted by Crippen LogP contribution is 2.47. The van der Waals surface area contributed by atoms with E-state index >= 15 is 0 Å². The Bertz CT molecular complexity index is 516. The van der Waals surface area contributed by atoms with Crippen molar-refractivity contribution in [1.29, 1.82) is 0 Å². The topological polar surface area (TPSA) is 90.9 Å². The maximum atomic E-state index is 11.9. The van der Waals surface area contributed by atoms with Crippen LogP contribution in [0, 0.1) is 11.3 Å². The minimum absolute atomic E-state index is 0.191. The number of nitrogens with one attached hydrogen (secondary N) is 1. The zero-order valence-corrected chi connectivity index (χ0v) is 13.0. The third-order valence-electron chi connectivity index (χ3n) is 4.94. The van der Waals surface area contributed by atoms with Crippen LogP contribution in [-0.2, 0) is 28.6 Å². The number of fused-ring (bicyclic) bond motifs is 1. The molecule has 0 saturated carbocycles. The second-order valence-electron chi connectivity index (χ2n) is 6.76. The Morgan fingerprint density at radius 1 is 1.36 bits per heavy atom. The van der Waals surface area contributed by atoms with Crippen LogP contribution >= 0.6 is 0 Å². The average molecular weight is 311 g/mol. The van der Waals surface area contributed by atoms with E-state index in [1.165, 1.54) is 0 Å². The lowest BCUT2D eigenvalue weighted by Gasteiger charge is -2.24. The summed E-state index contributed by atoms with van der Waals surface area (Å²) in [6.45, 7) is 5.35. The fraction of sp³-hybridized carbons (Fsp3) is 0.800. The molecule has 1 N–H and O–H groups in total. The van der Waals surface area contributed by atoms with Crippen LogP contribution in [0.5, 0.6) is 0 Å². The molecule has 5 atom stereocenters. The second kappa shape index (κ2) is 5.22. The minimum atomic E-state index is -0.559. The van der Waals surface area contributed by atoms with Crippen molar-refractivity contribution < 1.29 is 28.6 Å². The molecule has 7 heteroatoms. The Kier molecular flexibility index (Phi) is 3.63. The van der Waals surface area contributed by atoms with E-state index in [0.29, 0.717) is 12.8 Å². The van der Waals surface area contributed by atoms with Crippen molar-refractivity contribution in [1.82, 2.24) is 5.32 Å². The molecule has 3 fully saturated rings. The number of ether oxygens (including phenoxy) is 3. The molecular formula is C15H21NO6. The van der Waals surface area contributed by atoms with E-state index < -0.39 is 23.6 Å². The molecule has 3 saturated heterocycles. The summed E-state index contributed by atoms with van der Waals surface area (Å²) in [6.07, 6.45) is -0.415. The lowest BCUT2D eigenvalue weighted by atomic mass is 9.88. The Hall–Kier alpha value is -1.63. The smallest absolute Gasteiger partial charge is 0.325 e. The number of hydrogen-bond donors (Lipinski definition) is 1. The lowest BCUT2D eigenvalue weighted by molar-refractivity contribution is -0.160. The van der Waals surface area contributed by atoms with Gasteiger partial charge in [0.1, 0.15) is 12.6 Å². The minimum Gasteiger partial charge on any atom is -0.455 e. The number of carbonyl (C=O) groups is 3. The first-order valence-corrected chi connectivity index (χ1v) is 7.67. The first kappa shape index (κ1) is 15.3. The summed E-state index contributed by atoms with van der Waals surface area (Å²) in [5.74, 6) is -1.21. The van der Waals surface area contributed by atoms with E-state index in [2.05, 4.69) is 5.32 Å². The lowest BCUT2D eigenvalue weighted by Crippen LogP contribution is -2.44. The van der Waals surface area contributed by atoms with Crippen LogP contribution in [0.4, 0.5) is 0 Å². The second-order valence-corrected chi connectivity index (χ2v) is 6.76. The molecule has 3 aliphatic heterocycles. The van der Waals surface area contributed by atoms with Crippen LogP contribution in [0.15, 0.2) is 0 Å². The number of hydrogen-bond acceptors (Lipinski definition) is 6. The van der Waals surface area contributed by atoms with Gasteiger partial charge in [0.05, 0.1) is 12.0 Å². The van der Waals surface area contributed by atoms with Gasteiger partial charge >= 0.3 is 11.9 Å². The van der Waals surface area contributed by atoms with E-state index in [9.17, 15) is 14.4 Å². The summed E-state index contributed by atoms with van der Waals surface area (Å²) in [7, 11) is 0. The fourth-order valence-corrected chi connectivity index (χ4v) is 3.13. The molecule has 7 nitrogen and oxygen atoms in total. The van der Waals surface area contributed by atoms with Gasteiger partial charge in [0, 0.05) is 5.41 Å². The van der Waals surface area contributed by atoms with E-state index in [0.717, 1.165) is 0 Å². The summed E-state index contributed by atoms with van der Waals surface area (Å²) in [4.78, 5) is 35.4. The van der Waals surface area contributed by atoms with Gasteiger partial charge < -0.3 is 19.5 Å². The van der Waals surface area contributed by atoms with Crippen LogP contribution in [0.1, 0.15) is 33.6 Å². The van der Waals surface area contributed by atoms with Gasteiger partial charge in [0.25, 0.3) is 0 Å². The van der Waals surface area contributed by atoms with Crippen molar-refractivity contribution in [2.24, 2.45) is 11.3 Å². The third kappa shape index (κ3) is 2.37. The molecule has 22 heavy (non-hydrogen) atoms. The Morgan fingerprint density at radius 2 is 2.09 bits per heavy atom. The first-order valence-electron chi connectivity index (χ1n) is 7.67. The molecule has 3 aliphatic rings. The van der Waals surface area contributed by atoms with Crippen LogP contribution < -0.4 is 5.32 Å². The predicted molar refractivity (Wildman–Crippen MR) is 73.6 cm³/mol. The highest BCUT2D eigenvalue weighted by Gasteiger charge is 2.65. The monoisotopic (exact) mass is 311 g/mol. The number of esters is 2. The Labute approximate surface area is 128 Å². The van der Waals surface area contributed by atoms with Gasteiger partial charge in [0.2, 0.25) is 5.91 Å². The number of carbonyl (C=O) groups excluding carboxylic acids is 3. The molecule has 122 valence electrons. The highest BCUT2D eigenvalue weighted by atomic mass is 16.7. The molecular weight excluding hydrogens is 290 g/mol. The van der Waals surface area contributed by atoms with E-state index in [-0.39, 0.29) is 36.5 Å². The molecule has 2 bridgehead atoms. The summed E-state index contributed by atoms with van der Waals surface area (Å²) < 4.78 is 16.2. The number of rotatable bonds is 5. The van der Waals surface area contributed by atoms with Crippen molar-refractivity contribution in [2.75, 3.05) is 6.54 Å². The molecule has 0 aliphatic carbocycles. The van der Waals surface area contributed by atoms with Gasteiger partial charge in [0.15, 0.2) is 12.2 Å². The van der Waals surface area contributed by atoms with Crippen LogP contribution in [0.3, 0.4) is 0 Å². The average Bonchev–Trinajstić information content (AvgIpc) is 3.09. The standard InChI is InChI=1S/C15H21NO6/c1-4-15(2,3)14(19)16-6-9(17)21-11-8-5-7-10(20-8)12(11)22-13(7)18/h7-8,10-12H,4-6H2,1-3H3,(H,16,19). The molecule has 0 aromatic rings. The van der Waals surface area contributed by atoms with Gasteiger partial charge in [-0.25, -0.2) is 0 Å². The van der Waals surface area contributed by atoms with Crippen molar-refractivity contribution in [3.8, 4) is 0 Å². The van der Waals surface area contributed by atoms with Crippen LogP contribution in [-0.4, -0.2) is 48.8 Å². The Balaban J connectivity index is 1.51. The fourth-order valence-electron chi connectivity index (χ4n) is 3.13. The van der Waals surface area contributed by atoms with Crippen molar-refractivity contribution in [3.63, 3.8) is 0 Å².